The second-order valence-corrected chi connectivity index (χ2v) is 3.60. The fourth-order valence-corrected chi connectivity index (χ4v) is 1.56. The summed E-state index contributed by atoms with van der Waals surface area (Å²) in [7, 11) is 0. The van der Waals surface area contributed by atoms with E-state index in [-0.39, 0.29) is 0 Å². The highest BCUT2D eigenvalue weighted by atomic mass is 16.1. The van der Waals surface area contributed by atoms with Crippen LogP contribution in [0.15, 0.2) is 35.3 Å². The molecule has 2 aromatic rings. The number of carbonyl (C=O) groups excluding carboxylic acids is 1. The first-order chi connectivity index (χ1) is 7.70. The molecular formula is C12H11N3O. The molecule has 1 aromatic carbocycles. The Labute approximate surface area is 93.2 Å². The topological polar surface area (TPSA) is 47.2 Å². The molecule has 0 fully saturated rings. The van der Waals surface area contributed by atoms with Crippen LogP contribution in [0.25, 0.3) is 5.69 Å². The van der Waals surface area contributed by atoms with Crippen molar-refractivity contribution in [1.29, 1.82) is 0 Å². The van der Waals surface area contributed by atoms with E-state index in [1.807, 2.05) is 38.1 Å². The van der Waals surface area contributed by atoms with E-state index in [1.165, 1.54) is 6.08 Å². The molecule has 2 rings (SSSR count). The second-order valence-electron chi connectivity index (χ2n) is 3.60. The van der Waals surface area contributed by atoms with Gasteiger partial charge in [-0.2, -0.15) is 5.10 Å². The first kappa shape index (κ1) is 10.3. The fraction of sp³-hybridized carbons (Fsp3) is 0.167. The van der Waals surface area contributed by atoms with Gasteiger partial charge in [-0.05, 0) is 31.5 Å². The summed E-state index contributed by atoms with van der Waals surface area (Å²) in [6, 6.07) is 9.59. The molecule has 1 heterocycles. The molecule has 80 valence electrons. The van der Waals surface area contributed by atoms with Crippen molar-refractivity contribution in [3.05, 3.63) is 41.6 Å². The molecule has 1 aromatic heterocycles. The van der Waals surface area contributed by atoms with Gasteiger partial charge in [0.2, 0.25) is 6.08 Å². The van der Waals surface area contributed by atoms with Crippen LogP contribution in [0.5, 0.6) is 0 Å². The Morgan fingerprint density at radius 2 is 2.12 bits per heavy atom. The minimum atomic E-state index is 0.498. The molecule has 0 aliphatic rings. The van der Waals surface area contributed by atoms with Gasteiger partial charge >= 0.3 is 0 Å². The highest BCUT2D eigenvalue weighted by Crippen LogP contribution is 2.19. The molecule has 0 atom stereocenters. The zero-order chi connectivity index (χ0) is 11.5. The summed E-state index contributed by atoms with van der Waals surface area (Å²) in [4.78, 5) is 13.9. The molecule has 4 heteroatoms. The summed E-state index contributed by atoms with van der Waals surface area (Å²) in [6.45, 7) is 3.86. The van der Waals surface area contributed by atoms with E-state index in [9.17, 15) is 4.79 Å². The van der Waals surface area contributed by atoms with Crippen LogP contribution >= 0.6 is 0 Å². The van der Waals surface area contributed by atoms with Crippen LogP contribution in [0.3, 0.4) is 0 Å². The summed E-state index contributed by atoms with van der Waals surface area (Å²) in [6.07, 6.45) is 1.54. The number of aliphatic imine (C=N–C) groups is 1. The van der Waals surface area contributed by atoms with E-state index in [0.717, 1.165) is 16.9 Å². The number of nitrogens with zero attached hydrogens (tertiary/aromatic N) is 3. The van der Waals surface area contributed by atoms with Crippen molar-refractivity contribution in [2.75, 3.05) is 0 Å². The molecule has 0 bridgehead atoms. The Morgan fingerprint density at radius 3 is 2.81 bits per heavy atom. The smallest absolute Gasteiger partial charge is 0.214 e. The van der Waals surface area contributed by atoms with Gasteiger partial charge in [-0.1, -0.05) is 12.1 Å². The second kappa shape index (κ2) is 4.13. The van der Waals surface area contributed by atoms with Gasteiger partial charge in [-0.15, -0.1) is 4.99 Å². The molecule has 0 amide bonds. The Hall–Kier alpha value is -2.19. The average Bonchev–Trinajstić information content (AvgIpc) is 2.60. The van der Waals surface area contributed by atoms with Crippen molar-refractivity contribution >= 4 is 11.9 Å². The highest BCUT2D eigenvalue weighted by Gasteiger charge is 2.06. The third-order valence-corrected chi connectivity index (χ3v) is 2.22. The number of hydrogen-bond acceptors (Lipinski definition) is 3. The van der Waals surface area contributed by atoms with Gasteiger partial charge in [-0.25, -0.2) is 9.48 Å². The maximum Gasteiger partial charge on any atom is 0.242 e. The summed E-state index contributed by atoms with van der Waals surface area (Å²) in [5.41, 5.74) is 2.84. The van der Waals surface area contributed by atoms with E-state index in [2.05, 4.69) is 10.1 Å². The van der Waals surface area contributed by atoms with Crippen molar-refractivity contribution in [3.63, 3.8) is 0 Å². The summed E-state index contributed by atoms with van der Waals surface area (Å²) < 4.78 is 1.63. The molecule has 4 nitrogen and oxygen atoms in total. The SMILES string of the molecule is Cc1cccc(-n2nc(C)cc2N=C=O)c1. The lowest BCUT2D eigenvalue weighted by molar-refractivity contribution is 0.565. The van der Waals surface area contributed by atoms with Gasteiger partial charge in [0.15, 0.2) is 5.82 Å². The minimum Gasteiger partial charge on any atom is -0.214 e. The highest BCUT2D eigenvalue weighted by molar-refractivity contribution is 5.50. The molecule has 16 heavy (non-hydrogen) atoms. The van der Waals surface area contributed by atoms with Crippen LogP contribution < -0.4 is 0 Å². The lowest BCUT2D eigenvalue weighted by Gasteiger charge is -2.03. The Balaban J connectivity index is 2.59. The normalized spacial score (nSPS) is 9.88. The summed E-state index contributed by atoms with van der Waals surface area (Å²) in [5.74, 6) is 0.498. The van der Waals surface area contributed by atoms with E-state index < -0.39 is 0 Å². The number of benzene rings is 1. The van der Waals surface area contributed by atoms with Gasteiger partial charge < -0.3 is 0 Å². The van der Waals surface area contributed by atoms with Gasteiger partial charge in [0.05, 0.1) is 11.4 Å². The zero-order valence-corrected chi connectivity index (χ0v) is 9.14. The molecule has 0 N–H and O–H groups in total. The van der Waals surface area contributed by atoms with Crippen molar-refractivity contribution in [3.8, 4) is 5.69 Å². The standard InChI is InChI=1S/C12H11N3O/c1-9-4-3-5-11(6-9)15-12(13-8-16)7-10(2)14-15/h3-7H,1-2H3. The molecule has 0 saturated heterocycles. The first-order valence-corrected chi connectivity index (χ1v) is 4.92. The number of hydrogen-bond donors (Lipinski definition) is 0. The third kappa shape index (κ3) is 1.92. The number of isocyanates is 1. The average molecular weight is 213 g/mol. The van der Waals surface area contributed by atoms with Gasteiger partial charge in [0.1, 0.15) is 0 Å². The van der Waals surface area contributed by atoms with Crippen molar-refractivity contribution < 1.29 is 4.79 Å². The molecule has 0 spiro atoms. The molecule has 0 saturated carbocycles. The molecule has 0 unspecified atom stereocenters. The quantitative estimate of drug-likeness (QED) is 0.568. The number of aryl methyl sites for hydroxylation is 2. The van der Waals surface area contributed by atoms with Gasteiger partial charge in [0.25, 0.3) is 0 Å². The zero-order valence-electron chi connectivity index (χ0n) is 9.14. The van der Waals surface area contributed by atoms with E-state index in [1.54, 1.807) is 10.7 Å². The van der Waals surface area contributed by atoms with E-state index >= 15 is 0 Å². The Bertz CT molecular complexity index is 565. The van der Waals surface area contributed by atoms with Crippen LogP contribution in [0.1, 0.15) is 11.3 Å². The monoisotopic (exact) mass is 213 g/mol. The lowest BCUT2D eigenvalue weighted by Crippen LogP contribution is -1.96. The predicted octanol–water partition coefficient (Wildman–Crippen LogP) is 2.46. The molecular weight excluding hydrogens is 202 g/mol. The molecule has 0 aliphatic carbocycles. The number of rotatable bonds is 2. The van der Waals surface area contributed by atoms with Crippen molar-refractivity contribution in [1.82, 2.24) is 9.78 Å². The van der Waals surface area contributed by atoms with E-state index in [4.69, 9.17) is 0 Å². The van der Waals surface area contributed by atoms with Gasteiger partial charge in [-0.3, -0.25) is 0 Å². The Kier molecular flexibility index (Phi) is 2.66. The maximum atomic E-state index is 10.3. The fourth-order valence-electron chi connectivity index (χ4n) is 1.56. The third-order valence-electron chi connectivity index (χ3n) is 2.22. The van der Waals surface area contributed by atoms with Crippen molar-refractivity contribution in [2.24, 2.45) is 4.99 Å². The molecule has 0 aliphatic heterocycles. The van der Waals surface area contributed by atoms with Crippen molar-refractivity contribution in [2.45, 2.75) is 13.8 Å². The summed E-state index contributed by atoms with van der Waals surface area (Å²) in [5, 5.41) is 4.28. The van der Waals surface area contributed by atoms with Crippen LogP contribution in [0, 0.1) is 13.8 Å². The molecule has 0 radical (unpaired) electrons. The van der Waals surface area contributed by atoms with Crippen LogP contribution in [0.2, 0.25) is 0 Å². The largest absolute Gasteiger partial charge is 0.242 e. The van der Waals surface area contributed by atoms with Gasteiger partial charge in [0, 0.05) is 6.07 Å². The first-order valence-electron chi connectivity index (χ1n) is 4.92. The van der Waals surface area contributed by atoms with Crippen LogP contribution in [0.4, 0.5) is 5.82 Å². The van der Waals surface area contributed by atoms with E-state index in [0.29, 0.717) is 5.82 Å². The van der Waals surface area contributed by atoms with Crippen LogP contribution in [-0.4, -0.2) is 15.9 Å². The summed E-state index contributed by atoms with van der Waals surface area (Å²) >= 11 is 0. The number of aromatic nitrogens is 2. The van der Waals surface area contributed by atoms with Crippen LogP contribution in [-0.2, 0) is 4.79 Å². The predicted molar refractivity (Wildman–Crippen MR) is 60.8 cm³/mol. The Morgan fingerprint density at radius 1 is 1.31 bits per heavy atom. The minimum absolute atomic E-state index is 0.498. The lowest BCUT2D eigenvalue weighted by atomic mass is 10.2. The maximum absolute atomic E-state index is 10.3.